The third-order valence-corrected chi connectivity index (χ3v) is 5.77. The van der Waals surface area contributed by atoms with Gasteiger partial charge in [0.1, 0.15) is 5.02 Å². The number of carbonyl (C=O) groups is 2. The number of anilines is 1. The Hall–Kier alpha value is -3.60. The SMILES string of the molecule is COc1ncc(C(=O)N2CCC(NC(=O)c3ccccc3C(F)(F)F)c3c2cnn3C)cc1Cl. The number of amides is 2. The Labute approximate surface area is 197 Å². The van der Waals surface area contributed by atoms with Crippen molar-refractivity contribution in [2.75, 3.05) is 18.6 Å². The van der Waals surface area contributed by atoms with Gasteiger partial charge in [-0.2, -0.15) is 18.3 Å². The number of nitrogens with zero attached hydrogens (tertiary/aromatic N) is 4. The van der Waals surface area contributed by atoms with Gasteiger partial charge in [-0.3, -0.25) is 14.3 Å². The van der Waals surface area contributed by atoms with E-state index in [0.717, 1.165) is 12.1 Å². The number of pyridine rings is 1. The van der Waals surface area contributed by atoms with Gasteiger partial charge in [-0.15, -0.1) is 0 Å². The smallest absolute Gasteiger partial charge is 0.417 e. The van der Waals surface area contributed by atoms with Crippen LogP contribution in [0, 0.1) is 0 Å². The van der Waals surface area contributed by atoms with E-state index >= 15 is 0 Å². The molecule has 3 aromatic rings. The summed E-state index contributed by atoms with van der Waals surface area (Å²) in [6.07, 6.45) is -1.61. The molecule has 1 atom stereocenters. The first-order valence-corrected chi connectivity index (χ1v) is 10.5. The molecule has 0 spiro atoms. The first-order valence-electron chi connectivity index (χ1n) is 10.1. The summed E-state index contributed by atoms with van der Waals surface area (Å²) in [6.45, 7) is 0.188. The van der Waals surface area contributed by atoms with E-state index in [2.05, 4.69) is 15.4 Å². The molecule has 12 heteroatoms. The van der Waals surface area contributed by atoms with E-state index in [1.165, 1.54) is 47.3 Å². The van der Waals surface area contributed by atoms with Crippen LogP contribution in [0.1, 0.15) is 44.4 Å². The standard InChI is InChI=1S/C22H19ClF3N5O3/c1-30-18-16(29-19(32)13-5-3-4-6-14(13)22(24,25)26)7-8-31(17(18)11-28-30)21(33)12-9-15(23)20(34-2)27-10-12/h3-6,9-11,16H,7-8H2,1-2H3,(H,29,32). The van der Waals surface area contributed by atoms with Crippen molar-refractivity contribution in [3.63, 3.8) is 0 Å². The quantitative estimate of drug-likeness (QED) is 0.593. The minimum absolute atomic E-state index is 0.172. The maximum atomic E-state index is 13.4. The number of aryl methyl sites for hydroxylation is 1. The number of fused-ring (bicyclic) bond motifs is 1. The summed E-state index contributed by atoms with van der Waals surface area (Å²) >= 11 is 6.10. The third-order valence-electron chi connectivity index (χ3n) is 5.50. The zero-order valence-corrected chi connectivity index (χ0v) is 18.8. The lowest BCUT2D eigenvalue weighted by Crippen LogP contribution is -2.41. The molecule has 4 rings (SSSR count). The van der Waals surface area contributed by atoms with E-state index in [0.29, 0.717) is 11.4 Å². The van der Waals surface area contributed by atoms with Gasteiger partial charge >= 0.3 is 6.18 Å². The van der Waals surface area contributed by atoms with Gasteiger partial charge in [0.15, 0.2) is 0 Å². The zero-order valence-electron chi connectivity index (χ0n) is 18.1. The normalized spacial score (nSPS) is 15.6. The highest BCUT2D eigenvalue weighted by Crippen LogP contribution is 2.36. The summed E-state index contributed by atoms with van der Waals surface area (Å²) in [7, 11) is 3.03. The Bertz CT molecular complexity index is 1260. The zero-order chi connectivity index (χ0) is 24.6. The van der Waals surface area contributed by atoms with E-state index in [9.17, 15) is 22.8 Å². The minimum Gasteiger partial charge on any atom is -0.480 e. The van der Waals surface area contributed by atoms with Gasteiger partial charge in [-0.25, -0.2) is 4.98 Å². The third kappa shape index (κ3) is 4.30. The van der Waals surface area contributed by atoms with Crippen molar-refractivity contribution < 1.29 is 27.5 Å². The van der Waals surface area contributed by atoms with Crippen LogP contribution in [0.3, 0.4) is 0 Å². The molecule has 34 heavy (non-hydrogen) atoms. The van der Waals surface area contributed by atoms with Crippen molar-refractivity contribution in [2.45, 2.75) is 18.6 Å². The van der Waals surface area contributed by atoms with Crippen LogP contribution in [0.4, 0.5) is 18.9 Å². The second kappa shape index (κ2) is 8.98. The number of aromatic nitrogens is 3. The predicted octanol–water partition coefficient (Wildman–Crippen LogP) is 4.02. The van der Waals surface area contributed by atoms with Crippen molar-refractivity contribution in [3.05, 3.63) is 70.1 Å². The van der Waals surface area contributed by atoms with Gasteiger partial charge in [0, 0.05) is 19.8 Å². The van der Waals surface area contributed by atoms with Gasteiger partial charge in [0.05, 0.1) is 47.4 Å². The lowest BCUT2D eigenvalue weighted by molar-refractivity contribution is -0.137. The number of hydrogen-bond acceptors (Lipinski definition) is 5. The maximum absolute atomic E-state index is 13.4. The number of carbonyl (C=O) groups excluding carboxylic acids is 2. The fraction of sp³-hybridized carbons (Fsp3) is 0.273. The number of alkyl halides is 3. The number of benzene rings is 1. The average molecular weight is 494 g/mol. The van der Waals surface area contributed by atoms with E-state index < -0.39 is 35.2 Å². The maximum Gasteiger partial charge on any atom is 0.417 e. The van der Waals surface area contributed by atoms with Crippen molar-refractivity contribution in [1.82, 2.24) is 20.1 Å². The van der Waals surface area contributed by atoms with Gasteiger partial charge in [0.25, 0.3) is 11.8 Å². The largest absolute Gasteiger partial charge is 0.480 e. The summed E-state index contributed by atoms with van der Waals surface area (Å²) in [5.74, 6) is -1.07. The highest BCUT2D eigenvalue weighted by Gasteiger charge is 2.37. The Morgan fingerprint density at radius 2 is 1.97 bits per heavy atom. The number of hydrogen-bond donors (Lipinski definition) is 1. The molecular weight excluding hydrogens is 475 g/mol. The van der Waals surface area contributed by atoms with Crippen LogP contribution in [0.2, 0.25) is 5.02 Å². The summed E-state index contributed by atoms with van der Waals surface area (Å²) in [4.78, 5) is 31.5. The lowest BCUT2D eigenvalue weighted by atomic mass is 10.0. The molecular formula is C22H19ClF3N5O3. The molecule has 1 aliphatic rings. The van der Waals surface area contributed by atoms with Crippen LogP contribution in [0.25, 0.3) is 0 Å². The molecule has 0 fully saturated rings. The fourth-order valence-corrected chi connectivity index (χ4v) is 4.17. The molecule has 2 amide bonds. The fourth-order valence-electron chi connectivity index (χ4n) is 3.93. The molecule has 0 saturated carbocycles. The van der Waals surface area contributed by atoms with Crippen LogP contribution in [0.5, 0.6) is 5.88 Å². The molecule has 2 aromatic heterocycles. The molecule has 1 aliphatic heterocycles. The monoisotopic (exact) mass is 493 g/mol. The number of nitrogens with one attached hydrogen (secondary N) is 1. The highest BCUT2D eigenvalue weighted by atomic mass is 35.5. The molecule has 1 unspecified atom stereocenters. The van der Waals surface area contributed by atoms with Crippen LogP contribution < -0.4 is 15.0 Å². The Morgan fingerprint density at radius 1 is 1.24 bits per heavy atom. The summed E-state index contributed by atoms with van der Waals surface area (Å²) in [5.41, 5.74) is -0.349. The van der Waals surface area contributed by atoms with Crippen LogP contribution >= 0.6 is 11.6 Å². The molecule has 1 aromatic carbocycles. The molecule has 0 aliphatic carbocycles. The van der Waals surface area contributed by atoms with Crippen molar-refractivity contribution in [3.8, 4) is 5.88 Å². The van der Waals surface area contributed by atoms with Crippen LogP contribution in [-0.4, -0.2) is 40.2 Å². The molecule has 8 nitrogen and oxygen atoms in total. The summed E-state index contributed by atoms with van der Waals surface area (Å²) < 4.78 is 46.6. The van der Waals surface area contributed by atoms with E-state index in [1.807, 2.05) is 0 Å². The van der Waals surface area contributed by atoms with E-state index in [1.54, 1.807) is 7.05 Å². The number of methoxy groups -OCH3 is 1. The van der Waals surface area contributed by atoms with Crippen LogP contribution in [-0.2, 0) is 13.2 Å². The molecule has 0 saturated heterocycles. The molecule has 1 N–H and O–H groups in total. The van der Waals surface area contributed by atoms with E-state index in [4.69, 9.17) is 16.3 Å². The molecule has 3 heterocycles. The Morgan fingerprint density at radius 3 is 2.65 bits per heavy atom. The van der Waals surface area contributed by atoms with Gasteiger partial charge < -0.3 is 15.0 Å². The first kappa shape index (κ1) is 23.6. The Kier molecular flexibility index (Phi) is 6.22. The second-order valence-corrected chi connectivity index (χ2v) is 7.98. The Balaban J connectivity index is 1.61. The van der Waals surface area contributed by atoms with Crippen molar-refractivity contribution in [2.24, 2.45) is 7.05 Å². The topological polar surface area (TPSA) is 89.3 Å². The molecule has 178 valence electrons. The summed E-state index contributed by atoms with van der Waals surface area (Å²) in [6, 6.07) is 5.37. The molecule has 0 bridgehead atoms. The van der Waals surface area contributed by atoms with E-state index in [-0.39, 0.29) is 29.4 Å². The van der Waals surface area contributed by atoms with Crippen molar-refractivity contribution >= 4 is 29.1 Å². The van der Waals surface area contributed by atoms with Gasteiger partial charge in [-0.05, 0) is 24.6 Å². The lowest BCUT2D eigenvalue weighted by Gasteiger charge is -2.32. The minimum atomic E-state index is -4.67. The van der Waals surface area contributed by atoms with Crippen molar-refractivity contribution in [1.29, 1.82) is 0 Å². The van der Waals surface area contributed by atoms with Gasteiger partial charge in [-0.1, -0.05) is 23.7 Å². The molecule has 0 radical (unpaired) electrons. The number of ether oxygens (including phenoxy) is 1. The highest BCUT2D eigenvalue weighted by molar-refractivity contribution is 6.32. The van der Waals surface area contributed by atoms with Gasteiger partial charge in [0.2, 0.25) is 5.88 Å². The number of halogens is 4. The predicted molar refractivity (Wildman–Crippen MR) is 117 cm³/mol. The average Bonchev–Trinajstić information content (AvgIpc) is 3.20. The second-order valence-electron chi connectivity index (χ2n) is 7.57. The summed E-state index contributed by atoms with van der Waals surface area (Å²) in [5, 5.41) is 7.02. The number of rotatable bonds is 4. The first-order chi connectivity index (χ1) is 16.1. The van der Waals surface area contributed by atoms with Crippen LogP contribution in [0.15, 0.2) is 42.7 Å².